The zero-order valence-corrected chi connectivity index (χ0v) is 18.0. The summed E-state index contributed by atoms with van der Waals surface area (Å²) >= 11 is 1.65. The van der Waals surface area contributed by atoms with Gasteiger partial charge >= 0.3 is 5.63 Å². The molecule has 1 aromatic heterocycles. The molecule has 0 amide bonds. The molecule has 0 aliphatic rings. The van der Waals surface area contributed by atoms with Crippen molar-refractivity contribution in [2.24, 2.45) is 0 Å². The molecule has 0 radical (unpaired) electrons. The van der Waals surface area contributed by atoms with Crippen LogP contribution in [0.25, 0.3) is 33.6 Å². The van der Waals surface area contributed by atoms with Gasteiger partial charge in [0.1, 0.15) is 17.3 Å². The van der Waals surface area contributed by atoms with Crippen LogP contribution in [0.4, 0.5) is 4.39 Å². The summed E-state index contributed by atoms with van der Waals surface area (Å²) in [6.07, 6.45) is 2.01. The first-order chi connectivity index (χ1) is 15.1. The number of hydrogen-bond acceptors (Lipinski definition) is 4. The van der Waals surface area contributed by atoms with Crippen LogP contribution in [0.5, 0.6) is 5.75 Å². The third-order valence-electron chi connectivity index (χ3n) is 4.94. The van der Waals surface area contributed by atoms with E-state index in [1.54, 1.807) is 23.9 Å². The highest BCUT2D eigenvalue weighted by molar-refractivity contribution is 7.98. The average Bonchev–Trinajstić information content (AvgIpc) is 2.80. The van der Waals surface area contributed by atoms with Crippen molar-refractivity contribution in [1.29, 1.82) is 0 Å². The molecule has 3 nitrogen and oxygen atoms in total. The van der Waals surface area contributed by atoms with Gasteiger partial charge in [-0.25, -0.2) is 9.18 Å². The van der Waals surface area contributed by atoms with E-state index in [4.69, 9.17) is 9.15 Å². The lowest BCUT2D eigenvalue weighted by atomic mass is 9.95. The van der Waals surface area contributed by atoms with E-state index in [1.165, 1.54) is 12.1 Å². The molecule has 0 unspecified atom stereocenters. The summed E-state index contributed by atoms with van der Waals surface area (Å²) in [6, 6.07) is 23.2. The summed E-state index contributed by atoms with van der Waals surface area (Å²) in [7, 11) is 0. The molecule has 0 bridgehead atoms. The molecule has 31 heavy (non-hydrogen) atoms. The fourth-order valence-electron chi connectivity index (χ4n) is 3.41. The quantitative estimate of drug-likeness (QED) is 0.311. The molecule has 0 spiro atoms. The summed E-state index contributed by atoms with van der Waals surface area (Å²) in [4.78, 5) is 14.2. The van der Waals surface area contributed by atoms with E-state index in [1.807, 2.05) is 67.8 Å². The number of thioether (sulfide) groups is 1. The van der Waals surface area contributed by atoms with Crippen molar-refractivity contribution >= 4 is 11.8 Å². The van der Waals surface area contributed by atoms with Crippen LogP contribution >= 0.6 is 11.8 Å². The fraction of sp³-hybridized carbons (Fsp3) is 0.115. The molecule has 0 atom stereocenters. The topological polar surface area (TPSA) is 39.4 Å². The Labute approximate surface area is 184 Å². The third-order valence-corrected chi connectivity index (χ3v) is 5.68. The molecule has 0 saturated heterocycles. The van der Waals surface area contributed by atoms with Crippen LogP contribution in [0, 0.1) is 5.82 Å². The molecule has 0 saturated carbocycles. The minimum Gasteiger partial charge on any atom is -0.494 e. The second-order valence-corrected chi connectivity index (χ2v) is 7.76. The summed E-state index contributed by atoms with van der Waals surface area (Å²) in [5, 5.41) is 0. The van der Waals surface area contributed by atoms with E-state index in [2.05, 4.69) is 0 Å². The van der Waals surface area contributed by atoms with Crippen molar-refractivity contribution in [3.05, 3.63) is 95.1 Å². The van der Waals surface area contributed by atoms with Gasteiger partial charge in [0.25, 0.3) is 0 Å². The first-order valence-electron chi connectivity index (χ1n) is 9.91. The highest BCUT2D eigenvalue weighted by Gasteiger charge is 2.17. The Balaban J connectivity index is 1.88. The SMILES string of the molecule is CCOc1ccc(-c2cc(-c3ccc(SC)cc3)c(-c3ccc(F)cc3)c(=O)o2)cc1. The Hall–Kier alpha value is -3.31. The van der Waals surface area contributed by atoms with E-state index in [0.717, 1.165) is 27.3 Å². The summed E-state index contributed by atoms with van der Waals surface area (Å²) in [5.41, 5.74) is 2.94. The molecular weight excluding hydrogens is 411 g/mol. The monoisotopic (exact) mass is 432 g/mol. The van der Waals surface area contributed by atoms with Crippen molar-refractivity contribution in [3.8, 4) is 39.3 Å². The number of rotatable bonds is 6. The van der Waals surface area contributed by atoms with Crippen molar-refractivity contribution in [2.45, 2.75) is 11.8 Å². The normalized spacial score (nSPS) is 10.8. The maximum absolute atomic E-state index is 13.5. The lowest BCUT2D eigenvalue weighted by Crippen LogP contribution is -2.06. The lowest BCUT2D eigenvalue weighted by molar-refractivity contribution is 0.340. The van der Waals surface area contributed by atoms with Crippen LogP contribution in [0.1, 0.15) is 6.92 Å². The Kier molecular flexibility index (Phi) is 6.23. The van der Waals surface area contributed by atoms with Crippen LogP contribution in [0.2, 0.25) is 0 Å². The Morgan fingerprint density at radius 2 is 1.48 bits per heavy atom. The highest BCUT2D eigenvalue weighted by Crippen LogP contribution is 2.34. The van der Waals surface area contributed by atoms with Gasteiger partial charge in [-0.1, -0.05) is 24.3 Å². The zero-order chi connectivity index (χ0) is 21.8. The van der Waals surface area contributed by atoms with Crippen LogP contribution in [-0.4, -0.2) is 12.9 Å². The maximum atomic E-state index is 13.5. The molecule has 4 aromatic rings. The second kappa shape index (κ2) is 9.23. The van der Waals surface area contributed by atoms with Crippen molar-refractivity contribution in [1.82, 2.24) is 0 Å². The van der Waals surface area contributed by atoms with Crippen molar-refractivity contribution < 1.29 is 13.5 Å². The van der Waals surface area contributed by atoms with Crippen molar-refractivity contribution in [3.63, 3.8) is 0 Å². The van der Waals surface area contributed by atoms with Gasteiger partial charge in [0.2, 0.25) is 0 Å². The summed E-state index contributed by atoms with van der Waals surface area (Å²) in [6.45, 7) is 2.51. The number of ether oxygens (including phenoxy) is 1. The fourth-order valence-corrected chi connectivity index (χ4v) is 3.81. The average molecular weight is 433 g/mol. The van der Waals surface area contributed by atoms with E-state index in [0.29, 0.717) is 23.5 Å². The molecule has 0 N–H and O–H groups in total. The van der Waals surface area contributed by atoms with Gasteiger partial charge in [-0.05, 0) is 78.9 Å². The number of benzene rings is 3. The predicted molar refractivity (Wildman–Crippen MR) is 124 cm³/mol. The Bertz CT molecular complexity index is 1230. The molecule has 0 aliphatic heterocycles. The zero-order valence-electron chi connectivity index (χ0n) is 17.2. The smallest absolute Gasteiger partial charge is 0.344 e. The molecule has 0 fully saturated rings. The van der Waals surface area contributed by atoms with Crippen LogP contribution in [0.3, 0.4) is 0 Å². The van der Waals surface area contributed by atoms with Gasteiger partial charge in [0.15, 0.2) is 0 Å². The van der Waals surface area contributed by atoms with E-state index in [9.17, 15) is 9.18 Å². The molecule has 5 heteroatoms. The van der Waals surface area contributed by atoms with Gasteiger partial charge < -0.3 is 9.15 Å². The standard InChI is InChI=1S/C26H21FO3S/c1-3-29-21-12-6-18(7-13-21)24-16-23(17-8-14-22(31-2)15-9-17)25(26(28)30-24)19-4-10-20(27)11-5-19/h4-16H,3H2,1-2H3. The summed E-state index contributed by atoms with van der Waals surface area (Å²) in [5.74, 6) is 0.859. The maximum Gasteiger partial charge on any atom is 0.344 e. The minimum absolute atomic E-state index is 0.356. The van der Waals surface area contributed by atoms with Crippen LogP contribution < -0.4 is 10.4 Å². The van der Waals surface area contributed by atoms with Gasteiger partial charge in [-0.3, -0.25) is 0 Å². The first-order valence-corrected chi connectivity index (χ1v) is 11.1. The van der Waals surface area contributed by atoms with Gasteiger partial charge in [0, 0.05) is 16.0 Å². The van der Waals surface area contributed by atoms with Gasteiger partial charge in [-0.2, -0.15) is 0 Å². The number of halogens is 1. The molecule has 0 aliphatic carbocycles. The first kappa shape index (κ1) is 20.9. The largest absolute Gasteiger partial charge is 0.494 e. The van der Waals surface area contributed by atoms with Crippen LogP contribution in [-0.2, 0) is 0 Å². The van der Waals surface area contributed by atoms with E-state index >= 15 is 0 Å². The molecule has 1 heterocycles. The lowest BCUT2D eigenvalue weighted by Gasteiger charge is -2.12. The second-order valence-electron chi connectivity index (χ2n) is 6.88. The highest BCUT2D eigenvalue weighted by atomic mass is 32.2. The predicted octanol–water partition coefficient (Wildman–Crippen LogP) is 6.90. The minimum atomic E-state index is -0.470. The third kappa shape index (κ3) is 4.57. The van der Waals surface area contributed by atoms with E-state index < -0.39 is 5.63 Å². The van der Waals surface area contributed by atoms with Crippen molar-refractivity contribution in [2.75, 3.05) is 12.9 Å². The van der Waals surface area contributed by atoms with Crippen LogP contribution in [0.15, 0.2) is 93.0 Å². The van der Waals surface area contributed by atoms with Gasteiger partial charge in [0.05, 0.1) is 12.2 Å². The Morgan fingerprint density at radius 3 is 2.10 bits per heavy atom. The molecule has 4 rings (SSSR count). The molecule has 3 aromatic carbocycles. The summed E-state index contributed by atoms with van der Waals surface area (Å²) < 4.78 is 24.7. The van der Waals surface area contributed by atoms with Gasteiger partial charge in [-0.15, -0.1) is 11.8 Å². The molecule has 156 valence electrons. The Morgan fingerprint density at radius 1 is 0.871 bits per heavy atom. The number of hydrogen-bond donors (Lipinski definition) is 0. The molecular formula is C26H21FO3S. The van der Waals surface area contributed by atoms with E-state index in [-0.39, 0.29) is 5.82 Å².